The van der Waals surface area contributed by atoms with E-state index in [0.29, 0.717) is 35.2 Å². The summed E-state index contributed by atoms with van der Waals surface area (Å²) in [5, 5.41) is 3.45. The second-order valence-corrected chi connectivity index (χ2v) is 6.41. The Hall–Kier alpha value is -2.83. The fourth-order valence-electron chi connectivity index (χ4n) is 2.86. The summed E-state index contributed by atoms with van der Waals surface area (Å²) in [6, 6.07) is 14.3. The Morgan fingerprint density at radius 1 is 1.07 bits per heavy atom. The molecule has 2 aromatic rings. The van der Waals surface area contributed by atoms with E-state index >= 15 is 0 Å². The van der Waals surface area contributed by atoms with Crippen molar-refractivity contribution in [2.45, 2.75) is 0 Å². The molecule has 6 nitrogen and oxygen atoms in total. The maximum atomic E-state index is 13.3. The molecule has 0 saturated heterocycles. The fourth-order valence-corrected chi connectivity index (χ4v) is 3.03. The number of para-hydroxylation sites is 1. The Labute approximate surface area is 163 Å². The molecule has 0 atom stereocenters. The molecule has 0 radical (unpaired) electrons. The van der Waals surface area contributed by atoms with Gasteiger partial charge in [0.15, 0.2) is 0 Å². The van der Waals surface area contributed by atoms with Crippen LogP contribution in [0.1, 0.15) is 0 Å². The molecular weight excluding hydrogens is 366 g/mol. The van der Waals surface area contributed by atoms with E-state index in [0.717, 1.165) is 0 Å². The van der Waals surface area contributed by atoms with Crippen molar-refractivity contribution in [2.24, 2.45) is 0 Å². The Bertz CT molecular complexity index is 883. The quantitative estimate of drug-likeness (QED) is 0.488. The number of halogens is 1. The van der Waals surface area contributed by atoms with Gasteiger partial charge in [-0.2, -0.15) is 0 Å². The van der Waals surface area contributed by atoms with Crippen LogP contribution in [0, 0.1) is 0 Å². The summed E-state index contributed by atoms with van der Waals surface area (Å²) in [4.78, 5) is 29.2. The zero-order valence-electron chi connectivity index (χ0n) is 15.1. The summed E-state index contributed by atoms with van der Waals surface area (Å²) in [7, 11) is 3.22. The lowest BCUT2D eigenvalue weighted by molar-refractivity contribution is -0.120. The van der Waals surface area contributed by atoms with Gasteiger partial charge in [0, 0.05) is 37.6 Å². The summed E-state index contributed by atoms with van der Waals surface area (Å²) in [6.45, 7) is 0.939. The average molecular weight is 386 g/mol. The number of likely N-dealkylation sites (N-methyl/N-ethyl adjacent to an activating group) is 1. The number of carbonyl (C=O) groups is 2. The number of ether oxygens (including phenoxy) is 1. The lowest BCUT2D eigenvalue weighted by atomic mass is 10.2. The molecular formula is C20H20ClN3O3. The van der Waals surface area contributed by atoms with Crippen LogP contribution in [-0.2, 0) is 14.3 Å². The topological polar surface area (TPSA) is 61.9 Å². The van der Waals surface area contributed by atoms with Crippen LogP contribution in [0.5, 0.6) is 0 Å². The maximum Gasteiger partial charge on any atom is 0.269 e. The van der Waals surface area contributed by atoms with Crippen molar-refractivity contribution >= 4 is 40.5 Å². The van der Waals surface area contributed by atoms with Crippen molar-refractivity contribution < 1.29 is 14.3 Å². The van der Waals surface area contributed by atoms with Crippen molar-refractivity contribution in [3.05, 3.63) is 65.3 Å². The minimum Gasteiger partial charge on any atom is -0.388 e. The van der Waals surface area contributed by atoms with Gasteiger partial charge in [0.05, 0.1) is 18.0 Å². The smallest absolute Gasteiger partial charge is 0.269 e. The lowest BCUT2D eigenvalue weighted by Gasteiger charge is -2.24. The van der Waals surface area contributed by atoms with Gasteiger partial charge in [0.1, 0.15) is 5.57 Å². The third-order valence-corrected chi connectivity index (χ3v) is 4.45. The zero-order chi connectivity index (χ0) is 19.4. The number of fused-ring (bicyclic) bond motifs is 1. The van der Waals surface area contributed by atoms with Crippen molar-refractivity contribution in [3.63, 3.8) is 0 Å². The van der Waals surface area contributed by atoms with E-state index in [1.165, 1.54) is 16.0 Å². The second-order valence-electron chi connectivity index (χ2n) is 5.98. The number of anilines is 3. The fraction of sp³-hybridized carbons (Fsp3) is 0.200. The van der Waals surface area contributed by atoms with Crippen molar-refractivity contribution in [1.29, 1.82) is 0 Å². The molecule has 27 heavy (non-hydrogen) atoms. The molecule has 0 bridgehead atoms. The predicted molar refractivity (Wildman–Crippen MR) is 106 cm³/mol. The van der Waals surface area contributed by atoms with E-state index in [1.54, 1.807) is 32.4 Å². The van der Waals surface area contributed by atoms with Crippen molar-refractivity contribution in [2.75, 3.05) is 37.1 Å². The molecule has 2 aromatic carbocycles. The highest BCUT2D eigenvalue weighted by Crippen LogP contribution is 2.39. The monoisotopic (exact) mass is 385 g/mol. The summed E-state index contributed by atoms with van der Waals surface area (Å²) < 4.78 is 4.99. The Morgan fingerprint density at radius 2 is 1.81 bits per heavy atom. The second kappa shape index (κ2) is 8.24. The number of nitrogens with zero attached hydrogens (tertiary/aromatic N) is 2. The Morgan fingerprint density at radius 3 is 2.52 bits per heavy atom. The van der Waals surface area contributed by atoms with Crippen LogP contribution < -0.4 is 15.1 Å². The normalized spacial score (nSPS) is 15.7. The van der Waals surface area contributed by atoms with Crippen LogP contribution in [0.3, 0.4) is 0 Å². The summed E-state index contributed by atoms with van der Waals surface area (Å²) in [5.74, 6) is -0.823. The van der Waals surface area contributed by atoms with Gasteiger partial charge in [-0.15, -0.1) is 0 Å². The molecule has 0 saturated carbocycles. The van der Waals surface area contributed by atoms with E-state index < -0.39 is 11.8 Å². The standard InChI is InChI=1S/C20H20ClN3O3/c1-23-17-9-8-14(21)12-18(17)24(15-6-4-3-5-7-15)20(26)16(19(23)25)13-22-10-11-27-2/h3-9,12-13,22H,10-11H2,1-2H3/b16-13+. The largest absolute Gasteiger partial charge is 0.388 e. The number of amides is 2. The number of carbonyl (C=O) groups excluding carboxylic acids is 2. The van der Waals surface area contributed by atoms with Crippen LogP contribution in [-0.4, -0.2) is 39.1 Å². The summed E-state index contributed by atoms with van der Waals surface area (Å²) >= 11 is 6.19. The van der Waals surface area contributed by atoms with Crippen LogP contribution in [0.4, 0.5) is 17.1 Å². The van der Waals surface area contributed by atoms with E-state index in [1.807, 2.05) is 30.3 Å². The Balaban J connectivity index is 2.13. The number of hydrogen-bond acceptors (Lipinski definition) is 4. The average Bonchev–Trinajstić information content (AvgIpc) is 2.74. The predicted octanol–water partition coefficient (Wildman–Crippen LogP) is 3.10. The van der Waals surface area contributed by atoms with Gasteiger partial charge in [-0.05, 0) is 30.3 Å². The van der Waals surface area contributed by atoms with E-state index in [4.69, 9.17) is 16.3 Å². The van der Waals surface area contributed by atoms with Gasteiger partial charge < -0.3 is 15.0 Å². The van der Waals surface area contributed by atoms with Crippen LogP contribution in [0.15, 0.2) is 60.3 Å². The molecule has 1 aliphatic rings. The molecule has 0 aliphatic carbocycles. The third kappa shape index (κ3) is 3.82. The Kier molecular flexibility index (Phi) is 5.78. The molecule has 0 unspecified atom stereocenters. The highest BCUT2D eigenvalue weighted by molar-refractivity contribution is 6.34. The van der Waals surface area contributed by atoms with E-state index in [-0.39, 0.29) is 5.57 Å². The first-order chi connectivity index (χ1) is 13.0. The number of hydrogen-bond donors (Lipinski definition) is 1. The van der Waals surface area contributed by atoms with Gasteiger partial charge in [0.25, 0.3) is 11.8 Å². The SMILES string of the molecule is COCCN/C=C1\C(=O)N(C)c2ccc(Cl)cc2N(c2ccccc2)C1=O. The van der Waals surface area contributed by atoms with E-state index in [9.17, 15) is 9.59 Å². The first-order valence-electron chi connectivity index (χ1n) is 8.44. The molecule has 0 aromatic heterocycles. The third-order valence-electron chi connectivity index (χ3n) is 4.22. The van der Waals surface area contributed by atoms with Crippen molar-refractivity contribution in [1.82, 2.24) is 5.32 Å². The van der Waals surface area contributed by atoms with Gasteiger partial charge in [-0.3, -0.25) is 14.5 Å². The van der Waals surface area contributed by atoms with Crippen LogP contribution >= 0.6 is 11.6 Å². The van der Waals surface area contributed by atoms with E-state index in [2.05, 4.69) is 5.32 Å². The molecule has 140 valence electrons. The van der Waals surface area contributed by atoms with Gasteiger partial charge in [-0.25, -0.2) is 0 Å². The number of methoxy groups -OCH3 is 1. The molecule has 0 fully saturated rings. The van der Waals surface area contributed by atoms with Crippen LogP contribution in [0.2, 0.25) is 5.02 Å². The highest BCUT2D eigenvalue weighted by atomic mass is 35.5. The first kappa shape index (κ1) is 18.9. The molecule has 7 heteroatoms. The lowest BCUT2D eigenvalue weighted by Crippen LogP contribution is -2.33. The molecule has 3 rings (SSSR count). The number of rotatable bonds is 5. The molecule has 1 heterocycles. The number of benzene rings is 2. The van der Waals surface area contributed by atoms with Gasteiger partial charge >= 0.3 is 0 Å². The molecule has 2 amide bonds. The zero-order valence-corrected chi connectivity index (χ0v) is 15.9. The van der Waals surface area contributed by atoms with Gasteiger partial charge in [-0.1, -0.05) is 29.8 Å². The maximum absolute atomic E-state index is 13.3. The molecule has 1 N–H and O–H groups in total. The molecule has 0 spiro atoms. The highest BCUT2D eigenvalue weighted by Gasteiger charge is 2.35. The van der Waals surface area contributed by atoms with Crippen molar-refractivity contribution in [3.8, 4) is 0 Å². The minimum atomic E-state index is -0.427. The molecule has 1 aliphatic heterocycles. The minimum absolute atomic E-state index is 0.0322. The van der Waals surface area contributed by atoms with Gasteiger partial charge in [0.2, 0.25) is 0 Å². The number of nitrogens with one attached hydrogen (secondary N) is 1. The summed E-state index contributed by atoms with van der Waals surface area (Å²) in [5.41, 5.74) is 1.83. The van der Waals surface area contributed by atoms with Crippen LogP contribution in [0.25, 0.3) is 0 Å². The first-order valence-corrected chi connectivity index (χ1v) is 8.82. The summed E-state index contributed by atoms with van der Waals surface area (Å²) in [6.07, 6.45) is 1.45.